The van der Waals surface area contributed by atoms with Crippen LogP contribution < -0.4 is 10.9 Å². The molecule has 1 aromatic rings. The molecule has 0 saturated heterocycles. The van der Waals surface area contributed by atoms with Crippen molar-refractivity contribution in [1.29, 1.82) is 0 Å². The van der Waals surface area contributed by atoms with Crippen molar-refractivity contribution in [2.75, 3.05) is 5.75 Å². The Morgan fingerprint density at radius 1 is 1.45 bits per heavy atom. The summed E-state index contributed by atoms with van der Waals surface area (Å²) in [5.41, 5.74) is 0.608. The Balaban J connectivity index is 2.57. The predicted molar refractivity (Wildman–Crippen MR) is 82.0 cm³/mol. The number of carbonyl (C=O) groups excluding carboxylic acids is 1. The summed E-state index contributed by atoms with van der Waals surface area (Å²) in [6, 6.07) is 1.65. The number of rotatable bonds is 7. The number of aromatic amines is 1. The number of hydrogen-bond donors (Lipinski definition) is 2. The van der Waals surface area contributed by atoms with Crippen molar-refractivity contribution >= 4 is 17.7 Å². The van der Waals surface area contributed by atoms with E-state index in [9.17, 15) is 9.59 Å². The van der Waals surface area contributed by atoms with Gasteiger partial charge in [0.25, 0.3) is 5.56 Å². The fourth-order valence-electron chi connectivity index (χ4n) is 1.53. The molecule has 112 valence electrons. The van der Waals surface area contributed by atoms with E-state index >= 15 is 0 Å². The summed E-state index contributed by atoms with van der Waals surface area (Å²) < 4.78 is 0. The van der Waals surface area contributed by atoms with E-state index in [2.05, 4.69) is 29.1 Å². The van der Waals surface area contributed by atoms with Gasteiger partial charge in [0, 0.05) is 17.8 Å². The second-order valence-corrected chi connectivity index (χ2v) is 6.14. The maximum Gasteiger partial charge on any atom is 0.251 e. The van der Waals surface area contributed by atoms with E-state index in [1.165, 1.54) is 17.8 Å². The monoisotopic (exact) mass is 297 g/mol. The van der Waals surface area contributed by atoms with Gasteiger partial charge in [-0.25, -0.2) is 4.98 Å². The van der Waals surface area contributed by atoms with Crippen LogP contribution in [0.25, 0.3) is 0 Å². The van der Waals surface area contributed by atoms with Crippen molar-refractivity contribution in [3.63, 3.8) is 0 Å². The van der Waals surface area contributed by atoms with Crippen LogP contribution in [0.4, 0.5) is 0 Å². The smallest absolute Gasteiger partial charge is 0.251 e. The zero-order valence-corrected chi connectivity index (χ0v) is 13.3. The molecule has 0 fully saturated rings. The second kappa shape index (κ2) is 8.09. The molecule has 1 aromatic heterocycles. The Labute approximate surface area is 124 Å². The number of amides is 1. The van der Waals surface area contributed by atoms with Gasteiger partial charge in [0.2, 0.25) is 5.91 Å². The molecule has 1 atom stereocenters. The van der Waals surface area contributed by atoms with Gasteiger partial charge in [-0.3, -0.25) is 9.59 Å². The average molecular weight is 297 g/mol. The van der Waals surface area contributed by atoms with Crippen LogP contribution in [0.1, 0.15) is 39.8 Å². The summed E-state index contributed by atoms with van der Waals surface area (Å²) >= 11 is 1.26. The molecule has 0 radical (unpaired) electrons. The first-order chi connectivity index (χ1) is 9.42. The van der Waals surface area contributed by atoms with Gasteiger partial charge >= 0.3 is 0 Å². The van der Waals surface area contributed by atoms with Gasteiger partial charge in [0.1, 0.15) is 0 Å². The standard InChI is InChI=1S/C14H23N3O2S/c1-5-6-11-7-12(18)17-14(16-11)20-8-13(19)15-10(4)9(2)3/h7,9-10H,5-6,8H2,1-4H3,(H,15,19)(H,16,17,18)/t10-/m0/s1. The summed E-state index contributed by atoms with van der Waals surface area (Å²) in [6.07, 6.45) is 1.71. The Kier molecular flexibility index (Phi) is 6.78. The van der Waals surface area contributed by atoms with Gasteiger partial charge in [0.15, 0.2) is 5.16 Å². The molecule has 0 aliphatic rings. The van der Waals surface area contributed by atoms with Gasteiger partial charge in [-0.1, -0.05) is 39.0 Å². The van der Waals surface area contributed by atoms with E-state index in [1.54, 1.807) is 0 Å². The van der Waals surface area contributed by atoms with Crippen molar-refractivity contribution in [3.8, 4) is 0 Å². The van der Waals surface area contributed by atoms with Crippen LogP contribution in [-0.2, 0) is 11.2 Å². The second-order valence-electron chi connectivity index (χ2n) is 5.18. The first-order valence-electron chi connectivity index (χ1n) is 6.94. The Morgan fingerprint density at radius 2 is 2.15 bits per heavy atom. The van der Waals surface area contributed by atoms with Crippen LogP contribution in [0.15, 0.2) is 16.0 Å². The maximum absolute atomic E-state index is 11.8. The first-order valence-corrected chi connectivity index (χ1v) is 7.93. The van der Waals surface area contributed by atoms with Gasteiger partial charge < -0.3 is 10.3 Å². The third kappa shape index (κ3) is 5.77. The van der Waals surface area contributed by atoms with Crippen molar-refractivity contribution < 1.29 is 4.79 Å². The summed E-state index contributed by atoms with van der Waals surface area (Å²) in [5.74, 6) is 0.616. The molecule has 0 aliphatic heterocycles. The van der Waals surface area contributed by atoms with Crippen molar-refractivity contribution in [1.82, 2.24) is 15.3 Å². The number of hydrogen-bond acceptors (Lipinski definition) is 4. The number of aryl methyl sites for hydroxylation is 1. The molecule has 1 heterocycles. The Hall–Kier alpha value is -1.30. The summed E-state index contributed by atoms with van der Waals surface area (Å²) in [7, 11) is 0. The highest BCUT2D eigenvalue weighted by atomic mass is 32.2. The lowest BCUT2D eigenvalue weighted by atomic mass is 10.1. The minimum atomic E-state index is -0.165. The van der Waals surface area contributed by atoms with Crippen molar-refractivity contribution in [2.45, 2.75) is 51.7 Å². The molecule has 2 N–H and O–H groups in total. The van der Waals surface area contributed by atoms with Crippen LogP contribution in [0, 0.1) is 5.92 Å². The van der Waals surface area contributed by atoms with Crippen molar-refractivity contribution in [2.24, 2.45) is 5.92 Å². The number of aromatic nitrogens is 2. The van der Waals surface area contributed by atoms with Crippen LogP contribution in [-0.4, -0.2) is 27.7 Å². The van der Waals surface area contributed by atoms with E-state index in [0.29, 0.717) is 11.1 Å². The minimum Gasteiger partial charge on any atom is -0.353 e. The Bertz CT molecular complexity index is 499. The number of nitrogens with zero attached hydrogens (tertiary/aromatic N) is 1. The fourth-order valence-corrected chi connectivity index (χ4v) is 2.24. The van der Waals surface area contributed by atoms with E-state index in [4.69, 9.17) is 0 Å². The zero-order chi connectivity index (χ0) is 15.1. The molecule has 0 aliphatic carbocycles. The molecule has 5 nitrogen and oxygen atoms in total. The molecule has 0 aromatic carbocycles. The number of carbonyl (C=O) groups is 1. The lowest BCUT2D eigenvalue weighted by Gasteiger charge is -2.17. The van der Waals surface area contributed by atoms with Gasteiger partial charge in [0.05, 0.1) is 5.75 Å². The van der Waals surface area contributed by atoms with Crippen LogP contribution in [0.3, 0.4) is 0 Å². The Morgan fingerprint density at radius 3 is 2.75 bits per heavy atom. The molecule has 0 spiro atoms. The molecule has 0 bridgehead atoms. The highest BCUT2D eigenvalue weighted by molar-refractivity contribution is 7.99. The lowest BCUT2D eigenvalue weighted by Crippen LogP contribution is -2.37. The number of nitrogens with one attached hydrogen (secondary N) is 2. The maximum atomic E-state index is 11.8. The molecular formula is C14H23N3O2S. The number of thioether (sulfide) groups is 1. The molecule has 1 amide bonds. The summed E-state index contributed by atoms with van der Waals surface area (Å²) in [6.45, 7) is 8.14. The van der Waals surface area contributed by atoms with Gasteiger partial charge in [-0.15, -0.1) is 0 Å². The quantitative estimate of drug-likeness (QED) is 0.596. The SMILES string of the molecule is CCCc1cc(=O)[nH]c(SCC(=O)N[C@@H](C)C(C)C)n1. The lowest BCUT2D eigenvalue weighted by molar-refractivity contribution is -0.119. The van der Waals surface area contributed by atoms with Gasteiger partial charge in [-0.2, -0.15) is 0 Å². The van der Waals surface area contributed by atoms with Gasteiger partial charge in [-0.05, 0) is 19.3 Å². The van der Waals surface area contributed by atoms with E-state index in [-0.39, 0.29) is 23.3 Å². The average Bonchev–Trinajstić information content (AvgIpc) is 2.36. The molecule has 0 saturated carbocycles. The topological polar surface area (TPSA) is 74.8 Å². The molecule has 1 rings (SSSR count). The normalized spacial score (nSPS) is 12.4. The first kappa shape index (κ1) is 16.8. The highest BCUT2D eigenvalue weighted by Crippen LogP contribution is 2.12. The number of H-pyrrole nitrogens is 1. The zero-order valence-electron chi connectivity index (χ0n) is 12.5. The molecule has 6 heteroatoms. The summed E-state index contributed by atoms with van der Waals surface area (Å²) in [5, 5.41) is 3.43. The van der Waals surface area contributed by atoms with E-state index < -0.39 is 0 Å². The predicted octanol–water partition coefficient (Wildman–Crippen LogP) is 1.98. The van der Waals surface area contributed by atoms with Crippen LogP contribution in [0.2, 0.25) is 0 Å². The third-order valence-electron chi connectivity index (χ3n) is 3.01. The highest BCUT2D eigenvalue weighted by Gasteiger charge is 2.11. The third-order valence-corrected chi connectivity index (χ3v) is 3.88. The molecule has 20 heavy (non-hydrogen) atoms. The van der Waals surface area contributed by atoms with Crippen LogP contribution in [0.5, 0.6) is 0 Å². The van der Waals surface area contributed by atoms with E-state index in [0.717, 1.165) is 18.5 Å². The van der Waals surface area contributed by atoms with Crippen molar-refractivity contribution in [3.05, 3.63) is 22.1 Å². The minimum absolute atomic E-state index is 0.0419. The van der Waals surface area contributed by atoms with Crippen LogP contribution >= 0.6 is 11.8 Å². The molecular weight excluding hydrogens is 274 g/mol. The fraction of sp³-hybridized carbons (Fsp3) is 0.643. The molecule has 0 unspecified atom stereocenters. The van der Waals surface area contributed by atoms with E-state index in [1.807, 2.05) is 13.8 Å². The summed E-state index contributed by atoms with van der Waals surface area (Å²) in [4.78, 5) is 30.3. The largest absolute Gasteiger partial charge is 0.353 e.